The summed E-state index contributed by atoms with van der Waals surface area (Å²) >= 11 is 0. The molecule has 0 aliphatic rings. The minimum Gasteiger partial charge on any atom is -0.475 e. The van der Waals surface area contributed by atoms with Gasteiger partial charge in [0.25, 0.3) is 0 Å². The number of hydrogen-bond donors (Lipinski definition) is 1. The highest BCUT2D eigenvalue weighted by Crippen LogP contribution is 2.23. The van der Waals surface area contributed by atoms with Gasteiger partial charge in [-0.3, -0.25) is 9.78 Å². The van der Waals surface area contributed by atoms with Crippen molar-refractivity contribution >= 4 is 27.8 Å². The average molecular weight is 255 g/mol. The minimum atomic E-state index is -1.27. The second kappa shape index (κ2) is 3.91. The number of carboxylic acid groups (broad SMARTS) is 1. The Labute approximate surface area is 107 Å². The van der Waals surface area contributed by atoms with Crippen LogP contribution in [0.2, 0.25) is 0 Å². The molecule has 3 aromatic rings. The summed E-state index contributed by atoms with van der Waals surface area (Å²) in [5.41, 5.74) is 1.49. The summed E-state index contributed by atoms with van der Waals surface area (Å²) in [6, 6.07) is 6.48. The zero-order valence-electron chi connectivity index (χ0n) is 10.0. The van der Waals surface area contributed by atoms with Crippen molar-refractivity contribution in [2.75, 3.05) is 0 Å². The van der Waals surface area contributed by atoms with E-state index in [1.807, 2.05) is 19.1 Å². The van der Waals surface area contributed by atoms with Gasteiger partial charge in [-0.2, -0.15) is 0 Å². The van der Waals surface area contributed by atoms with E-state index in [9.17, 15) is 9.59 Å². The third kappa shape index (κ3) is 1.76. The highest BCUT2D eigenvalue weighted by Gasteiger charge is 2.13. The van der Waals surface area contributed by atoms with Crippen molar-refractivity contribution < 1.29 is 14.3 Å². The van der Waals surface area contributed by atoms with E-state index in [0.717, 1.165) is 11.6 Å². The van der Waals surface area contributed by atoms with Gasteiger partial charge in [-0.25, -0.2) is 4.79 Å². The van der Waals surface area contributed by atoms with E-state index in [1.54, 1.807) is 6.07 Å². The predicted octanol–water partition coefficient (Wildman–Crippen LogP) is 2.35. The predicted molar refractivity (Wildman–Crippen MR) is 69.5 cm³/mol. The molecule has 0 amide bonds. The monoisotopic (exact) mass is 255 g/mol. The van der Waals surface area contributed by atoms with Crippen molar-refractivity contribution in [2.24, 2.45) is 0 Å². The maximum Gasteiger partial charge on any atom is 0.371 e. The number of nitrogens with zero attached hydrogens (tertiary/aromatic N) is 1. The van der Waals surface area contributed by atoms with E-state index in [0.29, 0.717) is 10.9 Å². The van der Waals surface area contributed by atoms with Crippen molar-refractivity contribution in [1.29, 1.82) is 0 Å². The summed E-state index contributed by atoms with van der Waals surface area (Å²) in [4.78, 5) is 27.0. The highest BCUT2D eigenvalue weighted by atomic mass is 16.4. The van der Waals surface area contributed by atoms with Crippen LogP contribution in [-0.4, -0.2) is 16.1 Å². The Morgan fingerprint density at radius 2 is 2.05 bits per heavy atom. The molecular formula is C14H9NO4. The molecule has 0 aliphatic carbocycles. The molecule has 19 heavy (non-hydrogen) atoms. The normalized spacial score (nSPS) is 11.0. The van der Waals surface area contributed by atoms with Crippen molar-refractivity contribution in [3.63, 3.8) is 0 Å². The first-order chi connectivity index (χ1) is 9.06. The molecule has 0 saturated carbocycles. The number of aromatic nitrogens is 1. The minimum absolute atomic E-state index is 0.263. The van der Waals surface area contributed by atoms with Gasteiger partial charge < -0.3 is 9.52 Å². The van der Waals surface area contributed by atoms with Gasteiger partial charge in [-0.05, 0) is 19.1 Å². The summed E-state index contributed by atoms with van der Waals surface area (Å²) in [6.07, 6.45) is 1.41. The van der Waals surface area contributed by atoms with E-state index in [1.165, 1.54) is 6.20 Å². The third-order valence-electron chi connectivity index (χ3n) is 2.92. The highest BCUT2D eigenvalue weighted by molar-refractivity contribution is 6.02. The molecule has 0 radical (unpaired) electrons. The molecule has 0 fully saturated rings. The number of fused-ring (bicyclic) bond motifs is 3. The first-order valence-electron chi connectivity index (χ1n) is 5.63. The van der Waals surface area contributed by atoms with Crippen LogP contribution in [-0.2, 0) is 0 Å². The van der Waals surface area contributed by atoms with Crippen LogP contribution in [0, 0.1) is 6.92 Å². The Kier molecular flexibility index (Phi) is 2.35. The Balaban J connectivity index is 2.55. The number of pyridine rings is 1. The molecule has 1 aromatic carbocycles. The van der Waals surface area contributed by atoms with Crippen molar-refractivity contribution in [3.8, 4) is 0 Å². The largest absolute Gasteiger partial charge is 0.475 e. The fraction of sp³-hybridized carbons (Fsp3) is 0.0714. The number of carboxylic acids is 1. The number of aromatic carboxylic acids is 1. The van der Waals surface area contributed by atoms with Gasteiger partial charge in [0.2, 0.25) is 5.76 Å². The summed E-state index contributed by atoms with van der Waals surface area (Å²) < 4.78 is 5.33. The lowest BCUT2D eigenvalue weighted by atomic mass is 10.1. The summed E-state index contributed by atoms with van der Waals surface area (Å²) in [5.74, 6) is -1.64. The number of carbonyl (C=O) groups is 1. The van der Waals surface area contributed by atoms with Gasteiger partial charge in [-0.1, -0.05) is 11.6 Å². The van der Waals surface area contributed by atoms with Gasteiger partial charge >= 0.3 is 5.97 Å². The van der Waals surface area contributed by atoms with Crippen LogP contribution in [0.25, 0.3) is 21.9 Å². The molecule has 2 aromatic heterocycles. The maximum atomic E-state index is 11.9. The van der Waals surface area contributed by atoms with Gasteiger partial charge in [0.1, 0.15) is 5.58 Å². The van der Waals surface area contributed by atoms with Crippen LogP contribution >= 0.6 is 0 Å². The van der Waals surface area contributed by atoms with Crippen LogP contribution in [0.3, 0.4) is 0 Å². The second-order valence-electron chi connectivity index (χ2n) is 4.30. The Morgan fingerprint density at radius 1 is 1.26 bits per heavy atom. The SMILES string of the molecule is Cc1ccc2ncc3c(=O)cc(C(=O)O)oc3c2c1. The number of benzene rings is 1. The van der Waals surface area contributed by atoms with Crippen LogP contribution < -0.4 is 5.43 Å². The lowest BCUT2D eigenvalue weighted by molar-refractivity contribution is 0.0663. The standard InChI is InChI=1S/C14H9NO4/c1-7-2-3-10-8(4-7)13-9(6-15-10)11(16)5-12(19-13)14(17)18/h2-6H,1H3,(H,17,18). The smallest absolute Gasteiger partial charge is 0.371 e. The molecule has 5 heteroatoms. The molecule has 0 aliphatic heterocycles. The summed E-state index contributed by atoms with van der Waals surface area (Å²) in [5, 5.41) is 9.86. The molecule has 0 atom stereocenters. The Bertz CT molecular complexity index is 880. The van der Waals surface area contributed by atoms with E-state index in [2.05, 4.69) is 4.98 Å². The molecule has 0 spiro atoms. The number of aryl methyl sites for hydroxylation is 1. The molecule has 0 saturated heterocycles. The van der Waals surface area contributed by atoms with E-state index < -0.39 is 11.4 Å². The van der Waals surface area contributed by atoms with E-state index in [4.69, 9.17) is 9.52 Å². The second-order valence-corrected chi connectivity index (χ2v) is 4.30. The first kappa shape index (κ1) is 11.4. The first-order valence-corrected chi connectivity index (χ1v) is 5.63. The molecule has 2 heterocycles. The molecular weight excluding hydrogens is 246 g/mol. The van der Waals surface area contributed by atoms with Gasteiger partial charge in [0.15, 0.2) is 5.43 Å². The van der Waals surface area contributed by atoms with Crippen LogP contribution in [0.1, 0.15) is 16.1 Å². The fourth-order valence-corrected chi connectivity index (χ4v) is 2.01. The molecule has 94 valence electrons. The number of hydrogen-bond acceptors (Lipinski definition) is 4. The maximum absolute atomic E-state index is 11.9. The summed E-state index contributed by atoms with van der Waals surface area (Å²) in [6.45, 7) is 1.90. The molecule has 3 rings (SSSR count). The molecule has 0 bridgehead atoms. The van der Waals surface area contributed by atoms with Crippen LogP contribution in [0.4, 0.5) is 0 Å². The third-order valence-corrected chi connectivity index (χ3v) is 2.92. The van der Waals surface area contributed by atoms with Crippen molar-refractivity contribution in [3.05, 3.63) is 52.0 Å². The summed E-state index contributed by atoms with van der Waals surface area (Å²) in [7, 11) is 0. The van der Waals surface area contributed by atoms with Crippen LogP contribution in [0.5, 0.6) is 0 Å². The van der Waals surface area contributed by atoms with E-state index in [-0.39, 0.29) is 16.7 Å². The van der Waals surface area contributed by atoms with Crippen LogP contribution in [0.15, 0.2) is 39.7 Å². The zero-order valence-corrected chi connectivity index (χ0v) is 10.0. The Hall–Kier alpha value is -2.69. The quantitative estimate of drug-likeness (QED) is 0.675. The van der Waals surface area contributed by atoms with Crippen molar-refractivity contribution in [2.45, 2.75) is 6.92 Å². The average Bonchev–Trinajstić information content (AvgIpc) is 2.38. The number of rotatable bonds is 1. The topological polar surface area (TPSA) is 80.4 Å². The van der Waals surface area contributed by atoms with Gasteiger partial charge in [-0.15, -0.1) is 0 Å². The zero-order chi connectivity index (χ0) is 13.6. The fourth-order valence-electron chi connectivity index (χ4n) is 2.01. The van der Waals surface area contributed by atoms with Gasteiger partial charge in [0, 0.05) is 17.6 Å². The Morgan fingerprint density at radius 3 is 2.79 bits per heavy atom. The van der Waals surface area contributed by atoms with Crippen molar-refractivity contribution in [1.82, 2.24) is 4.98 Å². The lowest BCUT2D eigenvalue weighted by Gasteiger charge is -2.04. The molecule has 5 nitrogen and oxygen atoms in total. The molecule has 0 unspecified atom stereocenters. The van der Waals surface area contributed by atoms with Gasteiger partial charge in [0.05, 0.1) is 10.9 Å². The molecule has 1 N–H and O–H groups in total. The van der Waals surface area contributed by atoms with E-state index >= 15 is 0 Å². The lowest BCUT2D eigenvalue weighted by Crippen LogP contribution is -2.07.